The average molecular weight is 277 g/mol. The molecule has 0 heterocycles. The van der Waals surface area contributed by atoms with Crippen molar-refractivity contribution < 1.29 is 9.53 Å². The van der Waals surface area contributed by atoms with Gasteiger partial charge < -0.3 is 9.64 Å². The molecule has 1 rings (SSSR count). The molecule has 3 heteroatoms. The molecule has 3 nitrogen and oxygen atoms in total. The number of Topliss-reactive ketones (excluding diaryl/α,β-unsaturated/α-hetero) is 1. The standard InChI is InChI=1S/C17H27NO2/c1-5-18(6-2)11-12-20-17-9-7-16(8-10-17)13-14(3)15(4)19/h7-10,14H,5-6,11-13H2,1-4H3. The zero-order chi connectivity index (χ0) is 15.0. The third-order valence-corrected chi connectivity index (χ3v) is 3.73. The summed E-state index contributed by atoms with van der Waals surface area (Å²) < 4.78 is 5.74. The minimum atomic E-state index is 0.0874. The Morgan fingerprint density at radius 1 is 1.20 bits per heavy atom. The van der Waals surface area contributed by atoms with Gasteiger partial charge in [0.05, 0.1) is 0 Å². The summed E-state index contributed by atoms with van der Waals surface area (Å²) in [6.07, 6.45) is 0.801. The molecule has 0 aliphatic carbocycles. The van der Waals surface area contributed by atoms with Crippen molar-refractivity contribution in [3.63, 3.8) is 0 Å². The van der Waals surface area contributed by atoms with Crippen molar-refractivity contribution in [2.45, 2.75) is 34.1 Å². The molecule has 20 heavy (non-hydrogen) atoms. The Kier molecular flexibility index (Phi) is 7.31. The molecule has 0 spiro atoms. The molecule has 0 aromatic heterocycles. The summed E-state index contributed by atoms with van der Waals surface area (Å²) in [7, 11) is 0. The summed E-state index contributed by atoms with van der Waals surface area (Å²) >= 11 is 0. The zero-order valence-electron chi connectivity index (χ0n) is 13.2. The van der Waals surface area contributed by atoms with Gasteiger partial charge in [-0.25, -0.2) is 0 Å². The number of likely N-dealkylation sites (N-methyl/N-ethyl adjacent to an activating group) is 1. The van der Waals surface area contributed by atoms with Crippen molar-refractivity contribution in [3.8, 4) is 5.75 Å². The predicted octanol–water partition coefficient (Wildman–Crippen LogP) is 3.17. The van der Waals surface area contributed by atoms with Gasteiger partial charge in [0.25, 0.3) is 0 Å². The smallest absolute Gasteiger partial charge is 0.132 e. The number of rotatable bonds is 9. The van der Waals surface area contributed by atoms with Crippen LogP contribution in [0.3, 0.4) is 0 Å². The Bertz CT molecular complexity index is 396. The quantitative estimate of drug-likeness (QED) is 0.694. The maximum absolute atomic E-state index is 11.2. The molecule has 0 bridgehead atoms. The maximum Gasteiger partial charge on any atom is 0.132 e. The number of ketones is 1. The van der Waals surface area contributed by atoms with Crippen LogP contribution in [0, 0.1) is 5.92 Å². The van der Waals surface area contributed by atoms with Crippen LogP contribution in [-0.4, -0.2) is 36.9 Å². The molecule has 0 N–H and O–H groups in total. The van der Waals surface area contributed by atoms with Gasteiger partial charge in [0.2, 0.25) is 0 Å². The summed E-state index contributed by atoms with van der Waals surface area (Å²) in [5.74, 6) is 1.23. The lowest BCUT2D eigenvalue weighted by Crippen LogP contribution is -2.27. The zero-order valence-corrected chi connectivity index (χ0v) is 13.2. The summed E-state index contributed by atoms with van der Waals surface area (Å²) in [5, 5.41) is 0. The molecule has 0 amide bonds. The van der Waals surface area contributed by atoms with E-state index in [1.165, 1.54) is 5.56 Å². The van der Waals surface area contributed by atoms with Gasteiger partial charge in [0.1, 0.15) is 18.1 Å². The molecule has 0 saturated carbocycles. The Balaban J connectivity index is 2.40. The molecule has 1 aromatic carbocycles. The largest absolute Gasteiger partial charge is 0.492 e. The van der Waals surface area contributed by atoms with Crippen LogP contribution in [0.2, 0.25) is 0 Å². The number of hydrogen-bond acceptors (Lipinski definition) is 3. The van der Waals surface area contributed by atoms with E-state index in [2.05, 4.69) is 18.7 Å². The van der Waals surface area contributed by atoms with Crippen molar-refractivity contribution >= 4 is 5.78 Å². The lowest BCUT2D eigenvalue weighted by molar-refractivity contribution is -0.120. The van der Waals surface area contributed by atoms with Crippen LogP contribution in [0.5, 0.6) is 5.75 Å². The molecule has 0 aliphatic heterocycles. The van der Waals surface area contributed by atoms with Gasteiger partial charge in [-0.15, -0.1) is 0 Å². The average Bonchev–Trinajstić information content (AvgIpc) is 2.45. The molecule has 112 valence electrons. The number of hydrogen-bond donors (Lipinski definition) is 0. The topological polar surface area (TPSA) is 29.5 Å². The molecular weight excluding hydrogens is 250 g/mol. The molecule has 1 unspecified atom stereocenters. The summed E-state index contributed by atoms with van der Waals surface area (Å²) in [6, 6.07) is 8.08. The van der Waals surface area contributed by atoms with Crippen LogP contribution in [0.15, 0.2) is 24.3 Å². The second-order valence-electron chi connectivity index (χ2n) is 5.24. The summed E-state index contributed by atoms with van der Waals surface area (Å²) in [6.45, 7) is 11.7. The maximum atomic E-state index is 11.2. The molecule has 1 atom stereocenters. The van der Waals surface area contributed by atoms with E-state index < -0.39 is 0 Å². The second-order valence-corrected chi connectivity index (χ2v) is 5.24. The van der Waals surface area contributed by atoms with Crippen LogP contribution in [0.25, 0.3) is 0 Å². The highest BCUT2D eigenvalue weighted by molar-refractivity contribution is 5.78. The van der Waals surface area contributed by atoms with Crippen LogP contribution in [0.1, 0.15) is 33.3 Å². The Labute approximate surface area is 122 Å². The van der Waals surface area contributed by atoms with Crippen LogP contribution < -0.4 is 4.74 Å². The fourth-order valence-corrected chi connectivity index (χ4v) is 2.05. The fourth-order valence-electron chi connectivity index (χ4n) is 2.05. The van der Waals surface area contributed by atoms with Gasteiger partial charge in [-0.05, 0) is 44.1 Å². The highest BCUT2D eigenvalue weighted by Gasteiger charge is 2.08. The lowest BCUT2D eigenvalue weighted by Gasteiger charge is -2.18. The third kappa shape index (κ3) is 5.74. The second kappa shape index (κ2) is 8.75. The normalized spacial score (nSPS) is 12.4. The Hall–Kier alpha value is -1.35. The minimum Gasteiger partial charge on any atom is -0.492 e. The number of ether oxygens (including phenoxy) is 1. The molecule has 1 aromatic rings. The molecule has 0 radical (unpaired) electrons. The SMILES string of the molecule is CCN(CC)CCOc1ccc(CC(C)C(C)=O)cc1. The first-order valence-electron chi connectivity index (χ1n) is 7.51. The molecule has 0 fully saturated rings. The third-order valence-electron chi connectivity index (χ3n) is 3.73. The minimum absolute atomic E-state index is 0.0874. The molecular formula is C17H27NO2. The van der Waals surface area contributed by atoms with Crippen molar-refractivity contribution in [1.29, 1.82) is 0 Å². The number of benzene rings is 1. The van der Waals surface area contributed by atoms with Gasteiger partial charge in [-0.1, -0.05) is 32.9 Å². The van der Waals surface area contributed by atoms with Crippen LogP contribution in [-0.2, 0) is 11.2 Å². The van der Waals surface area contributed by atoms with Gasteiger partial charge >= 0.3 is 0 Å². The van der Waals surface area contributed by atoms with Gasteiger partial charge in [0.15, 0.2) is 0 Å². The molecule has 0 saturated heterocycles. The number of carbonyl (C=O) groups excluding carboxylic acids is 1. The van der Waals surface area contributed by atoms with Gasteiger partial charge in [-0.3, -0.25) is 4.79 Å². The highest BCUT2D eigenvalue weighted by atomic mass is 16.5. The van der Waals surface area contributed by atoms with E-state index in [-0.39, 0.29) is 11.7 Å². The van der Waals surface area contributed by atoms with E-state index in [1.54, 1.807) is 6.92 Å². The van der Waals surface area contributed by atoms with E-state index in [0.717, 1.165) is 31.8 Å². The van der Waals surface area contributed by atoms with Crippen molar-refractivity contribution in [1.82, 2.24) is 4.90 Å². The summed E-state index contributed by atoms with van der Waals surface area (Å²) in [5.41, 5.74) is 1.18. The van der Waals surface area contributed by atoms with Crippen LogP contribution >= 0.6 is 0 Å². The van der Waals surface area contributed by atoms with E-state index in [4.69, 9.17) is 4.74 Å². The van der Waals surface area contributed by atoms with E-state index >= 15 is 0 Å². The number of carbonyl (C=O) groups is 1. The van der Waals surface area contributed by atoms with Crippen molar-refractivity contribution in [2.75, 3.05) is 26.2 Å². The van der Waals surface area contributed by atoms with Gasteiger partial charge in [-0.2, -0.15) is 0 Å². The highest BCUT2D eigenvalue weighted by Crippen LogP contribution is 2.15. The van der Waals surface area contributed by atoms with E-state index in [9.17, 15) is 4.79 Å². The van der Waals surface area contributed by atoms with E-state index in [0.29, 0.717) is 6.61 Å². The first-order valence-corrected chi connectivity index (χ1v) is 7.51. The monoisotopic (exact) mass is 277 g/mol. The lowest BCUT2D eigenvalue weighted by atomic mass is 9.98. The summed E-state index contributed by atoms with van der Waals surface area (Å²) in [4.78, 5) is 13.6. The number of nitrogens with zero attached hydrogens (tertiary/aromatic N) is 1. The van der Waals surface area contributed by atoms with Crippen molar-refractivity contribution in [3.05, 3.63) is 29.8 Å². The van der Waals surface area contributed by atoms with E-state index in [1.807, 2.05) is 31.2 Å². The molecule has 0 aliphatic rings. The van der Waals surface area contributed by atoms with Crippen molar-refractivity contribution in [2.24, 2.45) is 5.92 Å². The van der Waals surface area contributed by atoms with Gasteiger partial charge in [0, 0.05) is 12.5 Å². The Morgan fingerprint density at radius 3 is 2.30 bits per heavy atom. The van der Waals surface area contributed by atoms with Crippen LogP contribution in [0.4, 0.5) is 0 Å². The first kappa shape index (κ1) is 16.7. The fraction of sp³-hybridized carbons (Fsp3) is 0.588. The first-order chi connectivity index (χ1) is 9.56. The predicted molar refractivity (Wildman–Crippen MR) is 83.3 cm³/mol. The Morgan fingerprint density at radius 2 is 1.80 bits per heavy atom.